The largest absolute Gasteiger partial charge is 0.481 e. The number of nitrogens with one attached hydrogen (secondary N) is 5. The Morgan fingerprint density at radius 2 is 1.33 bits per heavy atom. The molecule has 2 rings (SSSR count). The Bertz CT molecular complexity index is 1660. The lowest BCUT2D eigenvalue weighted by molar-refractivity contribution is -0.142. The summed E-state index contributed by atoms with van der Waals surface area (Å²) in [4.78, 5) is 128. The summed E-state index contributed by atoms with van der Waals surface area (Å²) in [5, 5.41) is 39.4. The fourth-order valence-electron chi connectivity index (χ4n) is 6.04. The normalized spacial score (nSPS) is 16.6. The number of carboxylic acids is 3. The van der Waals surface area contributed by atoms with Gasteiger partial charge in [-0.2, -0.15) is 0 Å². The Hall–Kier alpha value is -6.16. The molecule has 14 N–H and O–H groups in total. The number of hydrogen-bond acceptors (Lipinski definition) is 12. The van der Waals surface area contributed by atoms with Gasteiger partial charge in [-0.25, -0.2) is 4.79 Å². The van der Waals surface area contributed by atoms with E-state index in [9.17, 15) is 63.3 Å². The first-order valence-corrected chi connectivity index (χ1v) is 18.6. The summed E-state index contributed by atoms with van der Waals surface area (Å²) in [5.74, 6) is -11.4. The van der Waals surface area contributed by atoms with E-state index in [4.69, 9.17) is 17.2 Å². The third kappa shape index (κ3) is 16.1. The highest BCUT2D eigenvalue weighted by atomic mass is 16.4. The fraction of sp³-hybridized carbons (Fsp3) is 0.556. The molecule has 7 amide bonds. The van der Waals surface area contributed by atoms with Gasteiger partial charge in [0.15, 0.2) is 0 Å². The number of rotatable bonds is 25. The molecule has 58 heavy (non-hydrogen) atoms. The molecule has 1 saturated heterocycles. The van der Waals surface area contributed by atoms with Crippen LogP contribution in [0.25, 0.3) is 0 Å². The summed E-state index contributed by atoms with van der Waals surface area (Å²) in [6.45, 7) is 1.67. The first kappa shape index (κ1) is 48.0. The molecule has 0 saturated carbocycles. The van der Waals surface area contributed by atoms with E-state index < -0.39 is 127 Å². The minimum atomic E-state index is -1.97. The van der Waals surface area contributed by atoms with Crippen molar-refractivity contribution in [2.24, 2.45) is 17.2 Å². The highest BCUT2D eigenvalue weighted by Crippen LogP contribution is 2.20. The Labute approximate surface area is 333 Å². The molecule has 1 aliphatic rings. The van der Waals surface area contributed by atoms with Crippen LogP contribution in [0.15, 0.2) is 30.3 Å². The van der Waals surface area contributed by atoms with E-state index in [0.29, 0.717) is 25.8 Å². The summed E-state index contributed by atoms with van der Waals surface area (Å²) in [6.07, 6.45) is -1.48. The van der Waals surface area contributed by atoms with Gasteiger partial charge in [-0.15, -0.1) is 0 Å². The van der Waals surface area contributed by atoms with Gasteiger partial charge in [0.2, 0.25) is 41.4 Å². The van der Waals surface area contributed by atoms with E-state index in [1.807, 2.05) is 0 Å². The number of carboxylic acid groups (broad SMARTS) is 3. The zero-order valence-corrected chi connectivity index (χ0v) is 32.0. The van der Waals surface area contributed by atoms with Crippen molar-refractivity contribution in [3.8, 4) is 0 Å². The maximum atomic E-state index is 13.5. The molecule has 7 atom stereocenters. The summed E-state index contributed by atoms with van der Waals surface area (Å²) < 4.78 is 0. The molecule has 22 heteroatoms. The van der Waals surface area contributed by atoms with Crippen LogP contribution in [-0.2, 0) is 54.4 Å². The fourth-order valence-corrected chi connectivity index (χ4v) is 6.04. The molecule has 0 aliphatic carbocycles. The molecule has 22 nitrogen and oxygen atoms in total. The molecule has 7 unspecified atom stereocenters. The van der Waals surface area contributed by atoms with Crippen molar-refractivity contribution >= 4 is 59.3 Å². The number of hydrogen-bond donors (Lipinski definition) is 11. The van der Waals surface area contributed by atoms with Crippen LogP contribution in [0.4, 0.5) is 0 Å². The number of benzene rings is 1. The van der Waals surface area contributed by atoms with Gasteiger partial charge in [0, 0.05) is 13.0 Å². The molecular formula is C36H53N9O13. The van der Waals surface area contributed by atoms with Crippen LogP contribution in [-0.4, -0.2) is 135 Å². The number of carbonyl (C=O) groups is 10. The van der Waals surface area contributed by atoms with E-state index in [0.717, 1.165) is 5.56 Å². The number of amides is 7. The van der Waals surface area contributed by atoms with Crippen molar-refractivity contribution in [3.63, 3.8) is 0 Å². The van der Waals surface area contributed by atoms with Crippen LogP contribution in [0.2, 0.25) is 0 Å². The highest BCUT2D eigenvalue weighted by Gasteiger charge is 2.39. The van der Waals surface area contributed by atoms with Gasteiger partial charge in [-0.3, -0.25) is 43.2 Å². The third-order valence-corrected chi connectivity index (χ3v) is 9.10. The number of nitrogens with zero attached hydrogens (tertiary/aromatic N) is 1. The second kappa shape index (κ2) is 23.8. The molecule has 1 aliphatic heterocycles. The van der Waals surface area contributed by atoms with Crippen LogP contribution < -0.4 is 43.8 Å². The lowest BCUT2D eigenvalue weighted by Crippen LogP contribution is -2.60. The van der Waals surface area contributed by atoms with Crippen LogP contribution in [0, 0.1) is 0 Å². The summed E-state index contributed by atoms with van der Waals surface area (Å²) >= 11 is 0. The summed E-state index contributed by atoms with van der Waals surface area (Å²) in [5.41, 5.74) is 17.7. The third-order valence-electron chi connectivity index (χ3n) is 9.10. The average molecular weight is 820 g/mol. The lowest BCUT2D eigenvalue weighted by atomic mass is 10.0. The van der Waals surface area contributed by atoms with Crippen LogP contribution in [0.3, 0.4) is 0 Å². The molecule has 0 bridgehead atoms. The molecule has 0 radical (unpaired) electrons. The van der Waals surface area contributed by atoms with Crippen LogP contribution in [0.1, 0.15) is 70.3 Å². The lowest BCUT2D eigenvalue weighted by Gasteiger charge is -2.29. The van der Waals surface area contributed by atoms with E-state index in [2.05, 4.69) is 26.6 Å². The van der Waals surface area contributed by atoms with E-state index in [1.54, 1.807) is 30.3 Å². The molecule has 1 aromatic carbocycles. The molecule has 1 aromatic rings. The van der Waals surface area contributed by atoms with Crippen LogP contribution in [0.5, 0.6) is 0 Å². The van der Waals surface area contributed by atoms with E-state index in [1.165, 1.54) is 11.8 Å². The molecule has 1 fully saturated rings. The number of unbranched alkanes of at least 4 members (excludes halogenated alkanes) is 1. The Kier molecular flexibility index (Phi) is 19.7. The van der Waals surface area contributed by atoms with Gasteiger partial charge < -0.3 is 64.0 Å². The van der Waals surface area contributed by atoms with Crippen molar-refractivity contribution in [3.05, 3.63) is 35.9 Å². The smallest absolute Gasteiger partial charge is 0.326 e. The summed E-state index contributed by atoms with van der Waals surface area (Å²) in [7, 11) is 0. The molecule has 320 valence electrons. The zero-order valence-electron chi connectivity index (χ0n) is 32.0. The number of nitrogens with two attached hydrogens (primary N) is 3. The topological polar surface area (TPSA) is 373 Å². The summed E-state index contributed by atoms with van der Waals surface area (Å²) in [6, 6.07) is -1.34. The first-order chi connectivity index (χ1) is 27.3. The van der Waals surface area contributed by atoms with E-state index in [-0.39, 0.29) is 25.8 Å². The first-order valence-electron chi connectivity index (χ1n) is 18.6. The second-order valence-electron chi connectivity index (χ2n) is 13.8. The minimum Gasteiger partial charge on any atom is -0.481 e. The standard InChI is InChI=1S/C36H53N9O13/c1-19(30(51)42-23(36(57)58)10-5-6-14-37)40-31(52)22(12-13-28(47)48)41-33(54)25(18-29(49)50)43-32(53)24(17-27(39)46)44-34(55)26-11-7-15-45(26)35(56)21(38)16-20-8-3-2-4-9-20/h2-4,8-9,19,21-26H,5-7,10-18,37-38H2,1H3,(H2,39,46)(H,40,52)(H,41,54)(H,42,51)(H,43,53)(H,44,55)(H,47,48)(H,49,50)(H,57,58). The Morgan fingerprint density at radius 1 is 0.741 bits per heavy atom. The average Bonchev–Trinajstić information content (AvgIpc) is 3.65. The number of carbonyl (C=O) groups excluding carboxylic acids is 7. The monoisotopic (exact) mass is 819 g/mol. The predicted molar refractivity (Wildman–Crippen MR) is 202 cm³/mol. The van der Waals surface area contributed by atoms with Gasteiger partial charge >= 0.3 is 17.9 Å². The van der Waals surface area contributed by atoms with Crippen LogP contribution >= 0.6 is 0 Å². The minimum absolute atomic E-state index is 0.0412. The van der Waals surface area contributed by atoms with E-state index >= 15 is 0 Å². The molecule has 1 heterocycles. The van der Waals surface area contributed by atoms with Crippen molar-refractivity contribution in [1.82, 2.24) is 31.5 Å². The Balaban J connectivity index is 2.20. The predicted octanol–water partition coefficient (Wildman–Crippen LogP) is -3.58. The number of aliphatic carboxylic acids is 3. The van der Waals surface area contributed by atoms with Crippen molar-refractivity contribution in [2.75, 3.05) is 13.1 Å². The SMILES string of the molecule is CC(NC(=O)C(CCC(=O)O)NC(=O)C(CC(=O)O)NC(=O)C(CC(N)=O)NC(=O)C1CCCN1C(=O)C(N)Cc1ccccc1)C(=O)NC(CCCCN)C(=O)O. The van der Waals surface area contributed by atoms with Gasteiger partial charge in [0.05, 0.1) is 18.9 Å². The zero-order chi connectivity index (χ0) is 43.5. The quantitative estimate of drug-likeness (QED) is 0.0425. The van der Waals surface area contributed by atoms with Gasteiger partial charge in [0.1, 0.15) is 36.3 Å². The van der Waals surface area contributed by atoms with Gasteiger partial charge in [-0.1, -0.05) is 30.3 Å². The van der Waals surface area contributed by atoms with Gasteiger partial charge in [-0.05, 0) is 64.0 Å². The second-order valence-corrected chi connectivity index (χ2v) is 13.8. The van der Waals surface area contributed by atoms with Gasteiger partial charge in [0.25, 0.3) is 0 Å². The number of primary amides is 1. The number of likely N-dealkylation sites (tertiary alicyclic amines) is 1. The maximum Gasteiger partial charge on any atom is 0.326 e. The van der Waals surface area contributed by atoms with Crippen molar-refractivity contribution in [2.45, 2.75) is 113 Å². The molecule has 0 aromatic heterocycles. The Morgan fingerprint density at radius 3 is 1.90 bits per heavy atom. The van der Waals surface area contributed by atoms with Crippen molar-refractivity contribution in [1.29, 1.82) is 0 Å². The maximum absolute atomic E-state index is 13.5. The highest BCUT2D eigenvalue weighted by molar-refractivity contribution is 5.99. The van der Waals surface area contributed by atoms with Crippen molar-refractivity contribution < 1.29 is 63.3 Å². The molecular weight excluding hydrogens is 766 g/mol. The molecule has 0 spiro atoms.